The van der Waals surface area contributed by atoms with E-state index in [0.717, 1.165) is 4.90 Å². The molecule has 0 aromatic heterocycles. The van der Waals surface area contributed by atoms with Gasteiger partial charge in [0.1, 0.15) is 28.7 Å². The Kier molecular flexibility index (Phi) is 10.9. The second-order valence-electron chi connectivity index (χ2n) is 9.22. The van der Waals surface area contributed by atoms with Gasteiger partial charge in [-0.05, 0) is 48.5 Å². The Labute approximate surface area is 259 Å². The van der Waals surface area contributed by atoms with Crippen molar-refractivity contribution in [3.63, 3.8) is 0 Å². The van der Waals surface area contributed by atoms with Crippen LogP contribution in [-0.2, 0) is 9.59 Å². The van der Waals surface area contributed by atoms with Crippen LogP contribution in [0.1, 0.15) is 15.9 Å². The molecule has 0 spiro atoms. The van der Waals surface area contributed by atoms with Crippen LogP contribution in [-0.4, -0.2) is 49.9 Å². The number of amides is 3. The molecule has 4 aromatic carbocycles. The highest BCUT2D eigenvalue weighted by molar-refractivity contribution is 8.00. The molecular formula is C33H31N3O7S. The first-order valence-corrected chi connectivity index (χ1v) is 14.3. The monoisotopic (exact) mass is 613 g/mol. The van der Waals surface area contributed by atoms with Gasteiger partial charge in [-0.2, -0.15) is 0 Å². The topological polar surface area (TPSA) is 135 Å². The summed E-state index contributed by atoms with van der Waals surface area (Å²) in [6, 6.07) is 25.0. The molecule has 0 fully saturated rings. The van der Waals surface area contributed by atoms with Crippen molar-refractivity contribution in [1.82, 2.24) is 5.32 Å². The molecule has 0 heterocycles. The van der Waals surface area contributed by atoms with E-state index in [9.17, 15) is 19.5 Å². The minimum Gasteiger partial charge on any atom is -0.508 e. The number of phenols is 1. The van der Waals surface area contributed by atoms with E-state index in [1.165, 1.54) is 51.3 Å². The molecule has 0 bridgehead atoms. The molecule has 0 saturated heterocycles. The molecule has 0 aliphatic rings. The number of ether oxygens (including phenoxy) is 3. The van der Waals surface area contributed by atoms with Crippen molar-refractivity contribution in [2.75, 3.05) is 37.7 Å². The first-order chi connectivity index (χ1) is 21.3. The van der Waals surface area contributed by atoms with Crippen molar-refractivity contribution < 1.29 is 33.7 Å². The number of thioether (sulfide) groups is 1. The lowest BCUT2D eigenvalue weighted by Crippen LogP contribution is -2.30. The Bertz CT molecular complexity index is 1650. The van der Waals surface area contributed by atoms with Crippen LogP contribution in [0.15, 0.2) is 102 Å². The Morgan fingerprint density at radius 3 is 2.18 bits per heavy atom. The number of methoxy groups -OCH3 is 3. The predicted octanol–water partition coefficient (Wildman–Crippen LogP) is 5.56. The van der Waals surface area contributed by atoms with Crippen LogP contribution in [0.2, 0.25) is 0 Å². The van der Waals surface area contributed by atoms with E-state index < -0.39 is 11.8 Å². The number of hydrogen-bond donors (Lipinski definition) is 4. The quantitative estimate of drug-likeness (QED) is 0.121. The zero-order chi connectivity index (χ0) is 31.5. The summed E-state index contributed by atoms with van der Waals surface area (Å²) in [5.41, 5.74) is 1.78. The van der Waals surface area contributed by atoms with Gasteiger partial charge in [-0.25, -0.2) is 0 Å². The molecular weight excluding hydrogens is 582 g/mol. The minimum atomic E-state index is -0.587. The summed E-state index contributed by atoms with van der Waals surface area (Å²) >= 11 is 1.28. The number of nitrogens with one attached hydrogen (secondary N) is 3. The molecule has 4 aromatic rings. The summed E-state index contributed by atoms with van der Waals surface area (Å²) in [7, 11) is 4.50. The van der Waals surface area contributed by atoms with Gasteiger partial charge in [0, 0.05) is 51.7 Å². The van der Waals surface area contributed by atoms with E-state index in [1.807, 2.05) is 6.07 Å². The molecule has 11 heteroatoms. The van der Waals surface area contributed by atoms with E-state index in [2.05, 4.69) is 16.0 Å². The normalized spacial score (nSPS) is 10.8. The summed E-state index contributed by atoms with van der Waals surface area (Å²) in [5, 5.41) is 18.1. The van der Waals surface area contributed by atoms with Crippen LogP contribution < -0.4 is 30.2 Å². The third kappa shape index (κ3) is 8.79. The number of benzene rings is 4. The van der Waals surface area contributed by atoms with Gasteiger partial charge in [0.05, 0.1) is 27.1 Å². The van der Waals surface area contributed by atoms with Gasteiger partial charge in [-0.3, -0.25) is 14.4 Å². The van der Waals surface area contributed by atoms with Crippen molar-refractivity contribution in [3.8, 4) is 23.0 Å². The zero-order valence-electron chi connectivity index (χ0n) is 24.2. The first-order valence-electron chi connectivity index (χ1n) is 13.3. The Morgan fingerprint density at radius 2 is 1.50 bits per heavy atom. The largest absolute Gasteiger partial charge is 0.508 e. The Morgan fingerprint density at radius 1 is 0.773 bits per heavy atom. The minimum absolute atomic E-state index is 0.00968. The number of aromatic hydroxyl groups is 1. The van der Waals surface area contributed by atoms with Gasteiger partial charge in [-0.1, -0.05) is 24.3 Å². The summed E-state index contributed by atoms with van der Waals surface area (Å²) in [4.78, 5) is 39.8. The summed E-state index contributed by atoms with van der Waals surface area (Å²) in [6.07, 6.45) is 1.46. The summed E-state index contributed by atoms with van der Waals surface area (Å²) in [5.74, 6) is 0.204. The Balaban J connectivity index is 1.48. The van der Waals surface area contributed by atoms with Crippen LogP contribution in [0.25, 0.3) is 6.08 Å². The van der Waals surface area contributed by atoms with E-state index >= 15 is 0 Å². The summed E-state index contributed by atoms with van der Waals surface area (Å²) < 4.78 is 15.8. The van der Waals surface area contributed by atoms with E-state index in [-0.39, 0.29) is 23.1 Å². The summed E-state index contributed by atoms with van der Waals surface area (Å²) in [6.45, 7) is 0. The average Bonchev–Trinajstić information content (AvgIpc) is 3.04. The van der Waals surface area contributed by atoms with Gasteiger partial charge < -0.3 is 35.3 Å². The van der Waals surface area contributed by atoms with E-state index in [1.54, 1.807) is 72.8 Å². The van der Waals surface area contributed by atoms with Crippen molar-refractivity contribution in [3.05, 3.63) is 108 Å². The highest BCUT2D eigenvalue weighted by atomic mass is 32.2. The van der Waals surface area contributed by atoms with Crippen molar-refractivity contribution in [1.29, 1.82) is 0 Å². The Hall–Kier alpha value is -5.42. The van der Waals surface area contributed by atoms with Gasteiger partial charge in [0.25, 0.3) is 11.8 Å². The maximum atomic E-state index is 13.5. The first kappa shape index (κ1) is 31.5. The van der Waals surface area contributed by atoms with Crippen molar-refractivity contribution in [2.45, 2.75) is 4.90 Å². The molecule has 0 saturated carbocycles. The number of hydrogen-bond acceptors (Lipinski definition) is 8. The van der Waals surface area contributed by atoms with E-state index in [0.29, 0.717) is 39.8 Å². The fourth-order valence-corrected chi connectivity index (χ4v) is 4.76. The lowest BCUT2D eigenvalue weighted by molar-refractivity contribution is -0.114. The third-order valence-electron chi connectivity index (χ3n) is 6.14. The van der Waals surface area contributed by atoms with Gasteiger partial charge in [0.2, 0.25) is 5.91 Å². The second kappa shape index (κ2) is 15.2. The van der Waals surface area contributed by atoms with Crippen LogP contribution in [0.4, 0.5) is 11.4 Å². The fourth-order valence-electron chi connectivity index (χ4n) is 4.00. The lowest BCUT2D eigenvalue weighted by atomic mass is 10.1. The van der Waals surface area contributed by atoms with Crippen LogP contribution >= 0.6 is 11.8 Å². The fraction of sp³-hybridized carbons (Fsp3) is 0.121. The predicted molar refractivity (Wildman–Crippen MR) is 171 cm³/mol. The van der Waals surface area contributed by atoms with Crippen molar-refractivity contribution >= 4 is 46.9 Å². The highest BCUT2D eigenvalue weighted by Gasteiger charge is 2.17. The number of rotatable bonds is 12. The molecule has 0 aliphatic heterocycles. The molecule has 3 amide bonds. The smallest absolute Gasteiger partial charge is 0.272 e. The second-order valence-corrected chi connectivity index (χ2v) is 10.3. The van der Waals surface area contributed by atoms with Crippen LogP contribution in [0.5, 0.6) is 23.0 Å². The van der Waals surface area contributed by atoms with Crippen LogP contribution in [0.3, 0.4) is 0 Å². The molecule has 44 heavy (non-hydrogen) atoms. The van der Waals surface area contributed by atoms with Gasteiger partial charge >= 0.3 is 0 Å². The molecule has 0 unspecified atom stereocenters. The zero-order valence-corrected chi connectivity index (χ0v) is 25.1. The molecule has 0 radical (unpaired) electrons. The molecule has 10 nitrogen and oxygen atoms in total. The van der Waals surface area contributed by atoms with Gasteiger partial charge in [-0.15, -0.1) is 11.8 Å². The molecule has 4 N–H and O–H groups in total. The average molecular weight is 614 g/mol. The number of anilines is 2. The van der Waals surface area contributed by atoms with Crippen LogP contribution in [0, 0.1) is 0 Å². The maximum Gasteiger partial charge on any atom is 0.272 e. The highest BCUT2D eigenvalue weighted by Crippen LogP contribution is 2.28. The van der Waals surface area contributed by atoms with E-state index in [4.69, 9.17) is 14.2 Å². The molecule has 226 valence electrons. The molecule has 0 aliphatic carbocycles. The standard InChI is InChI=1S/C33H31N3O7S/c1-41-26-15-24(16-27(19-26)42-2)34-31(38)20-44-28-11-7-10-23(17-28)35-33(40)29(36-32(39)21-8-5-4-6-9-21)14-22-12-13-25(37)18-30(22)43-3/h4-19,37H,20H2,1-3H3,(H,34,38)(H,35,40)(H,36,39)/b29-14+. The third-order valence-corrected chi connectivity index (χ3v) is 7.14. The molecule has 0 atom stereocenters. The molecule has 4 rings (SSSR count). The number of phenolic OH excluding ortho intramolecular Hbond substituents is 1. The van der Waals surface area contributed by atoms with Crippen molar-refractivity contribution in [2.24, 2.45) is 0 Å². The lowest BCUT2D eigenvalue weighted by Gasteiger charge is -2.13. The number of carbonyl (C=O) groups is 3. The van der Waals surface area contributed by atoms with Gasteiger partial charge in [0.15, 0.2) is 0 Å². The maximum absolute atomic E-state index is 13.5. The number of carbonyl (C=O) groups excluding carboxylic acids is 3. The SMILES string of the molecule is COc1cc(NC(=O)CSc2cccc(NC(=O)/C(=C\c3ccc(O)cc3OC)NC(=O)c3ccccc3)c2)cc(OC)c1.